The number of fused-ring (bicyclic) bond motifs is 1. The van der Waals surface area contributed by atoms with Crippen LogP contribution in [0.1, 0.15) is 37.5 Å². The number of hydrogen-bond acceptors (Lipinski definition) is 2. The topological polar surface area (TPSA) is 45.6 Å². The summed E-state index contributed by atoms with van der Waals surface area (Å²) in [6.07, 6.45) is 3.58. The maximum atomic E-state index is 6.01. The molecule has 164 valence electrons. The Kier molecular flexibility index (Phi) is 6.56. The van der Waals surface area contributed by atoms with Gasteiger partial charge in [0.1, 0.15) is 11.5 Å². The Morgan fingerprint density at radius 1 is 0.938 bits per heavy atom. The van der Waals surface area contributed by atoms with Crippen LogP contribution in [0.15, 0.2) is 77.8 Å². The number of thiocarbonyl (C=S) groups is 1. The van der Waals surface area contributed by atoms with E-state index in [0.29, 0.717) is 11.2 Å². The minimum absolute atomic E-state index is 0.124. The summed E-state index contributed by atoms with van der Waals surface area (Å²) in [7, 11) is 0. The maximum Gasteiger partial charge on any atom is 0.194 e. The summed E-state index contributed by atoms with van der Waals surface area (Å²) in [4.78, 5) is 4.34. The molecule has 3 aromatic rings. The van der Waals surface area contributed by atoms with E-state index in [1.54, 1.807) is 6.34 Å². The van der Waals surface area contributed by atoms with E-state index >= 15 is 0 Å². The first-order chi connectivity index (χ1) is 15.4. The summed E-state index contributed by atoms with van der Waals surface area (Å²) in [5.41, 5.74) is 5.06. The lowest BCUT2D eigenvalue weighted by atomic mass is 9.87. The average Bonchev–Trinajstić information content (AvgIpc) is 3.16. The number of nitrogens with zero attached hydrogens (tertiary/aromatic N) is 1. The Morgan fingerprint density at radius 2 is 1.62 bits per heavy atom. The van der Waals surface area contributed by atoms with Crippen molar-refractivity contribution in [3.05, 3.63) is 89.5 Å². The number of rotatable bonds is 5. The number of aliphatic imine (C=N–C) groups is 1. The zero-order valence-electron chi connectivity index (χ0n) is 18.8. The van der Waals surface area contributed by atoms with Crippen LogP contribution in [0.4, 0.5) is 5.69 Å². The van der Waals surface area contributed by atoms with Gasteiger partial charge in [-0.1, -0.05) is 63.2 Å². The first-order valence-electron chi connectivity index (χ1n) is 10.9. The third kappa shape index (κ3) is 5.74. The molecule has 4 nitrogen and oxygen atoms in total. The number of ether oxygens (including phenoxy) is 1. The highest BCUT2D eigenvalue weighted by atomic mass is 32.1. The van der Waals surface area contributed by atoms with Crippen molar-refractivity contribution in [2.75, 3.05) is 5.32 Å². The highest BCUT2D eigenvalue weighted by molar-refractivity contribution is 7.80. The molecule has 0 atom stereocenters. The van der Waals surface area contributed by atoms with Gasteiger partial charge in [-0.25, -0.2) is 4.99 Å². The van der Waals surface area contributed by atoms with E-state index in [1.807, 2.05) is 36.4 Å². The molecule has 1 aliphatic rings. The number of hydrogen-bond donors (Lipinski definition) is 2. The zero-order valence-corrected chi connectivity index (χ0v) is 19.6. The normalized spacial score (nSPS) is 13.7. The summed E-state index contributed by atoms with van der Waals surface area (Å²) >= 11 is 5.39. The first-order valence-corrected chi connectivity index (χ1v) is 11.3. The highest BCUT2D eigenvalue weighted by Crippen LogP contribution is 2.28. The van der Waals surface area contributed by atoms with Gasteiger partial charge in [0.25, 0.3) is 0 Å². The van der Waals surface area contributed by atoms with E-state index in [0.717, 1.165) is 30.0 Å². The molecule has 0 amide bonds. The largest absolute Gasteiger partial charge is 0.457 e. The van der Waals surface area contributed by atoms with Gasteiger partial charge >= 0.3 is 0 Å². The van der Waals surface area contributed by atoms with Crippen LogP contribution in [-0.4, -0.2) is 17.5 Å². The number of nitrogens with one attached hydrogen (secondary N) is 2. The second-order valence-electron chi connectivity index (χ2n) is 9.13. The van der Waals surface area contributed by atoms with Gasteiger partial charge < -0.3 is 15.4 Å². The van der Waals surface area contributed by atoms with Gasteiger partial charge in [0.05, 0.1) is 6.34 Å². The molecule has 0 unspecified atom stereocenters. The first kappa shape index (κ1) is 22.0. The van der Waals surface area contributed by atoms with Crippen LogP contribution in [0.2, 0.25) is 0 Å². The Labute approximate surface area is 195 Å². The Balaban J connectivity index is 1.29. The molecule has 3 aromatic carbocycles. The van der Waals surface area contributed by atoms with Crippen molar-refractivity contribution in [3.8, 4) is 11.5 Å². The molecule has 0 saturated carbocycles. The summed E-state index contributed by atoms with van der Waals surface area (Å²) in [5, 5.41) is 7.00. The second kappa shape index (κ2) is 9.53. The number of anilines is 1. The minimum Gasteiger partial charge on any atom is -0.457 e. The highest BCUT2D eigenvalue weighted by Gasteiger charge is 2.21. The van der Waals surface area contributed by atoms with Gasteiger partial charge in [-0.2, -0.15) is 0 Å². The SMILES string of the molecule is CC(C)(C)c1ccc(Oc2cccc(NC=NC(=S)NC3Cc4ccccc4C3)c2)cc1. The van der Waals surface area contributed by atoms with Gasteiger partial charge in [-0.3, -0.25) is 0 Å². The molecular weight excluding hydrogens is 414 g/mol. The molecule has 32 heavy (non-hydrogen) atoms. The molecule has 0 fully saturated rings. The summed E-state index contributed by atoms with van der Waals surface area (Å²) in [6.45, 7) is 6.61. The smallest absolute Gasteiger partial charge is 0.194 e. The molecule has 0 aliphatic heterocycles. The summed E-state index contributed by atoms with van der Waals surface area (Å²) in [6, 6.07) is 24.9. The van der Waals surface area contributed by atoms with Gasteiger partial charge in [-0.15, -0.1) is 0 Å². The van der Waals surface area contributed by atoms with Crippen LogP contribution < -0.4 is 15.4 Å². The van der Waals surface area contributed by atoms with E-state index in [2.05, 4.69) is 72.8 Å². The van der Waals surface area contributed by atoms with Crippen molar-refractivity contribution in [1.82, 2.24) is 5.32 Å². The molecular formula is C27H29N3OS. The van der Waals surface area contributed by atoms with Crippen LogP contribution in [0.3, 0.4) is 0 Å². The van der Waals surface area contributed by atoms with Crippen LogP contribution in [0.5, 0.6) is 11.5 Å². The maximum absolute atomic E-state index is 6.01. The summed E-state index contributed by atoms with van der Waals surface area (Å²) in [5.74, 6) is 1.57. The molecule has 0 saturated heterocycles. The lowest BCUT2D eigenvalue weighted by Crippen LogP contribution is -2.33. The molecule has 1 aliphatic carbocycles. The lowest BCUT2D eigenvalue weighted by Gasteiger charge is -2.19. The lowest BCUT2D eigenvalue weighted by molar-refractivity contribution is 0.481. The average molecular weight is 444 g/mol. The molecule has 4 rings (SSSR count). The van der Waals surface area contributed by atoms with Gasteiger partial charge in [0, 0.05) is 17.8 Å². The van der Waals surface area contributed by atoms with Crippen LogP contribution >= 0.6 is 12.2 Å². The van der Waals surface area contributed by atoms with Crippen molar-refractivity contribution in [2.45, 2.75) is 45.1 Å². The molecule has 0 bridgehead atoms. The molecule has 0 radical (unpaired) electrons. The molecule has 0 heterocycles. The van der Waals surface area contributed by atoms with E-state index in [1.165, 1.54) is 16.7 Å². The van der Waals surface area contributed by atoms with E-state index in [4.69, 9.17) is 17.0 Å². The minimum atomic E-state index is 0.124. The van der Waals surface area contributed by atoms with Crippen LogP contribution in [0, 0.1) is 0 Å². The molecule has 2 N–H and O–H groups in total. The van der Waals surface area contributed by atoms with Crippen molar-refractivity contribution in [3.63, 3.8) is 0 Å². The molecule has 5 heteroatoms. The van der Waals surface area contributed by atoms with E-state index in [9.17, 15) is 0 Å². The molecule has 0 spiro atoms. The third-order valence-electron chi connectivity index (χ3n) is 5.58. The van der Waals surface area contributed by atoms with Gasteiger partial charge in [0.2, 0.25) is 0 Å². The van der Waals surface area contributed by atoms with Crippen molar-refractivity contribution in [2.24, 2.45) is 4.99 Å². The fourth-order valence-corrected chi connectivity index (χ4v) is 4.07. The van der Waals surface area contributed by atoms with E-state index < -0.39 is 0 Å². The van der Waals surface area contributed by atoms with Crippen LogP contribution in [-0.2, 0) is 18.3 Å². The fourth-order valence-electron chi connectivity index (χ4n) is 3.85. The Hall–Kier alpha value is -3.18. The third-order valence-corrected chi connectivity index (χ3v) is 5.80. The molecule has 0 aromatic heterocycles. The van der Waals surface area contributed by atoms with Crippen molar-refractivity contribution >= 4 is 29.4 Å². The monoisotopic (exact) mass is 443 g/mol. The Morgan fingerprint density at radius 3 is 2.28 bits per heavy atom. The second-order valence-corrected chi connectivity index (χ2v) is 9.52. The van der Waals surface area contributed by atoms with E-state index in [-0.39, 0.29) is 5.41 Å². The Bertz CT molecular complexity index is 1090. The predicted molar refractivity (Wildman–Crippen MR) is 137 cm³/mol. The van der Waals surface area contributed by atoms with Crippen molar-refractivity contribution in [1.29, 1.82) is 0 Å². The fraction of sp³-hybridized carbons (Fsp3) is 0.259. The number of benzene rings is 3. The van der Waals surface area contributed by atoms with Crippen molar-refractivity contribution < 1.29 is 4.74 Å². The zero-order chi connectivity index (χ0) is 22.6. The van der Waals surface area contributed by atoms with Crippen LogP contribution in [0.25, 0.3) is 0 Å². The van der Waals surface area contributed by atoms with Gasteiger partial charge in [-0.05, 0) is 71.4 Å². The van der Waals surface area contributed by atoms with Gasteiger partial charge in [0.15, 0.2) is 5.11 Å². The quantitative estimate of drug-likeness (QED) is 0.278. The summed E-state index contributed by atoms with van der Waals surface area (Å²) < 4.78 is 6.01. The predicted octanol–water partition coefficient (Wildman–Crippen LogP) is 6.26. The standard InChI is InChI=1S/C27H29N3OS/c1-27(2,3)21-11-13-24(14-12-21)31-25-10-6-9-22(17-25)28-18-29-26(32)30-23-15-19-7-4-5-8-20(19)16-23/h4-14,17-18,23H,15-16H2,1-3H3,(H2,28,29,30,32).